The molecular weight excluding hydrogens is 249 g/mol. The lowest BCUT2D eigenvalue weighted by molar-refractivity contribution is -0.416. The zero-order valence-corrected chi connectivity index (χ0v) is 6.96. The third kappa shape index (κ3) is 2.64. The summed E-state index contributed by atoms with van der Waals surface area (Å²) >= 11 is 0. The molecule has 0 fully saturated rings. The van der Waals surface area contributed by atoms with Crippen LogP contribution in [0.1, 0.15) is 13.7 Å². The second-order valence-corrected chi connectivity index (χ2v) is 2.36. The maximum Gasteiger partial charge on any atom is 0.470 e. The van der Waals surface area contributed by atoms with E-state index < -0.39 is 43.1 Å². The fourth-order valence-electron chi connectivity index (χ4n) is 0.455. The predicted octanol–water partition coefficient (Wildman–Crippen LogP) is 2.90. The van der Waals surface area contributed by atoms with E-state index in [1.807, 2.05) is 0 Å². The molecule has 0 saturated carbocycles. The molecular formula is C7H5F7O2. The average molecular weight is 259 g/mol. The van der Waals surface area contributed by atoms with E-state index in [1.165, 1.54) is 0 Å². The van der Waals surface area contributed by atoms with Crippen LogP contribution in [0.2, 0.25) is 0 Å². The molecule has 0 radical (unpaired) electrons. The highest BCUT2D eigenvalue weighted by atomic mass is 19.4. The molecule has 0 aromatic carbocycles. The van der Waals surface area contributed by atoms with Gasteiger partial charge in [0.2, 0.25) is 0 Å². The average Bonchev–Trinajstić information content (AvgIpc) is 2.09. The first kappa shape index (κ1) is 7.91. The van der Waals surface area contributed by atoms with Gasteiger partial charge in [0, 0.05) is 9.69 Å². The number of hydrogen-bond donors (Lipinski definition) is 0. The van der Waals surface area contributed by atoms with E-state index in [-0.39, 0.29) is 0 Å². The quantitative estimate of drug-likeness (QED) is 0.433. The molecule has 0 unspecified atom stereocenters. The van der Waals surface area contributed by atoms with Crippen molar-refractivity contribution in [3.8, 4) is 0 Å². The molecule has 0 saturated heterocycles. The largest absolute Gasteiger partial charge is 0.470 e. The van der Waals surface area contributed by atoms with Gasteiger partial charge in [0.05, 0.1) is 2.74 Å². The van der Waals surface area contributed by atoms with Crippen molar-refractivity contribution in [1.82, 2.24) is 0 Å². The van der Waals surface area contributed by atoms with Crippen LogP contribution >= 0.6 is 0 Å². The number of alkyl halides is 7. The van der Waals surface area contributed by atoms with Crippen molar-refractivity contribution in [2.45, 2.75) is 25.1 Å². The van der Waals surface area contributed by atoms with Crippen LogP contribution in [0.25, 0.3) is 0 Å². The summed E-state index contributed by atoms with van der Waals surface area (Å²) in [5.41, 5.74) is -2.13. The number of esters is 1. The number of hydrogen-bond acceptors (Lipinski definition) is 2. The molecule has 0 spiro atoms. The Morgan fingerprint density at radius 1 is 1.19 bits per heavy atom. The second kappa shape index (κ2) is 3.95. The third-order valence-electron chi connectivity index (χ3n) is 1.17. The molecule has 2 nitrogen and oxygen atoms in total. The molecule has 0 N–H and O–H groups in total. The van der Waals surface area contributed by atoms with Gasteiger partial charge in [-0.3, -0.25) is 0 Å². The van der Waals surface area contributed by atoms with E-state index >= 15 is 0 Å². The fourth-order valence-corrected chi connectivity index (χ4v) is 0.455. The molecule has 0 bridgehead atoms. The van der Waals surface area contributed by atoms with Gasteiger partial charge in [0.1, 0.15) is 0 Å². The maximum absolute atomic E-state index is 13.0. The van der Waals surface area contributed by atoms with Gasteiger partial charge < -0.3 is 4.74 Å². The summed E-state index contributed by atoms with van der Waals surface area (Å²) in [6, 6.07) is 0. The molecule has 0 aliphatic carbocycles. The van der Waals surface area contributed by atoms with Gasteiger partial charge >= 0.3 is 24.2 Å². The Hall–Kier alpha value is -1.28. The van der Waals surface area contributed by atoms with Crippen LogP contribution in [0, 0.1) is 0 Å². The Morgan fingerprint density at radius 2 is 1.62 bits per heavy atom. The minimum Gasteiger partial charge on any atom is -0.409 e. The van der Waals surface area contributed by atoms with E-state index in [0.717, 1.165) is 0 Å². The standard InChI is InChI=1S/C7H5F7O2/c1-3(2)4(15)16-5(8,6(9,10)11)7(12,13)14/h1H2,2H3/i1D2,2D3. The van der Waals surface area contributed by atoms with Gasteiger partial charge in [0.25, 0.3) is 0 Å². The van der Waals surface area contributed by atoms with Crippen LogP contribution in [0.4, 0.5) is 30.7 Å². The molecule has 0 aliphatic rings. The van der Waals surface area contributed by atoms with Gasteiger partial charge in [-0.1, -0.05) is 6.53 Å². The lowest BCUT2D eigenvalue weighted by atomic mass is 10.2. The molecule has 0 heterocycles. The minimum absolute atomic E-state index is 1.94. The smallest absolute Gasteiger partial charge is 0.409 e. The Balaban J connectivity index is 5.82. The summed E-state index contributed by atoms with van der Waals surface area (Å²) in [5, 5.41) is 0. The summed E-state index contributed by atoms with van der Waals surface area (Å²) in [6.45, 7) is -5.68. The summed E-state index contributed by atoms with van der Waals surface area (Å²) in [5.74, 6) is -9.41. The SMILES string of the molecule is [2H]C([2H])=C(C(=O)OC(F)(C(F)(F)F)C(F)(F)F)C([2H])([2H])[2H]. The summed E-state index contributed by atoms with van der Waals surface area (Å²) in [4.78, 5) is 11.0. The van der Waals surface area contributed by atoms with Crippen molar-refractivity contribution in [3.05, 3.63) is 12.1 Å². The van der Waals surface area contributed by atoms with E-state index in [2.05, 4.69) is 4.74 Å². The lowest BCUT2D eigenvalue weighted by Crippen LogP contribution is -2.56. The third-order valence-corrected chi connectivity index (χ3v) is 1.17. The first-order chi connectivity index (χ1) is 8.95. The predicted molar refractivity (Wildman–Crippen MR) is 36.9 cm³/mol. The number of carbonyl (C=O) groups excluding carboxylic acids is 1. The molecule has 0 aromatic rings. The normalized spacial score (nSPS) is 18.6. The maximum atomic E-state index is 13.0. The van der Waals surface area contributed by atoms with Crippen LogP contribution in [0.3, 0.4) is 0 Å². The Kier molecular flexibility index (Phi) is 1.95. The summed E-state index contributed by atoms with van der Waals surface area (Å²) < 4.78 is 121. The highest BCUT2D eigenvalue weighted by Gasteiger charge is 2.76. The Bertz CT molecular complexity index is 432. The minimum atomic E-state index is -6.75. The van der Waals surface area contributed by atoms with Gasteiger partial charge in [-0.2, -0.15) is 30.7 Å². The molecule has 9 heteroatoms. The van der Waals surface area contributed by atoms with E-state index in [1.54, 1.807) is 0 Å². The van der Waals surface area contributed by atoms with Crippen molar-refractivity contribution in [2.24, 2.45) is 0 Å². The van der Waals surface area contributed by atoms with Crippen LogP contribution in [0.15, 0.2) is 12.1 Å². The van der Waals surface area contributed by atoms with Gasteiger partial charge in [-0.15, -0.1) is 0 Å². The topological polar surface area (TPSA) is 26.3 Å². The van der Waals surface area contributed by atoms with Crippen LogP contribution in [-0.4, -0.2) is 24.2 Å². The molecule has 94 valence electrons. The number of carbonyl (C=O) groups is 1. The van der Waals surface area contributed by atoms with Crippen LogP contribution < -0.4 is 0 Å². The fraction of sp³-hybridized carbons (Fsp3) is 0.571. The number of ether oxygens (including phenoxy) is 1. The highest BCUT2D eigenvalue weighted by molar-refractivity contribution is 5.87. The molecule has 0 aliphatic heterocycles. The van der Waals surface area contributed by atoms with Crippen LogP contribution in [0.5, 0.6) is 0 Å². The first-order valence-electron chi connectivity index (χ1n) is 5.69. The highest BCUT2D eigenvalue weighted by Crippen LogP contribution is 2.47. The molecule has 0 rings (SSSR count). The van der Waals surface area contributed by atoms with E-state index in [4.69, 9.17) is 6.85 Å². The Morgan fingerprint density at radius 3 is 1.88 bits per heavy atom. The second-order valence-electron chi connectivity index (χ2n) is 2.36. The van der Waals surface area contributed by atoms with Crippen LogP contribution in [-0.2, 0) is 9.53 Å². The Labute approximate surface area is 91.7 Å². The van der Waals surface area contributed by atoms with Gasteiger partial charge in [0.15, 0.2) is 0 Å². The first-order valence-corrected chi connectivity index (χ1v) is 3.19. The molecule has 0 aromatic heterocycles. The van der Waals surface area contributed by atoms with Crippen molar-refractivity contribution in [2.75, 3.05) is 0 Å². The van der Waals surface area contributed by atoms with Crippen molar-refractivity contribution in [3.63, 3.8) is 0 Å². The lowest BCUT2D eigenvalue weighted by Gasteiger charge is -2.28. The molecule has 0 amide bonds. The van der Waals surface area contributed by atoms with Crippen molar-refractivity contribution in [1.29, 1.82) is 0 Å². The number of halogens is 7. The summed E-state index contributed by atoms with van der Waals surface area (Å²) in [7, 11) is 0. The zero-order valence-electron chi connectivity index (χ0n) is 12.0. The van der Waals surface area contributed by atoms with Gasteiger partial charge in [-0.25, -0.2) is 4.79 Å². The van der Waals surface area contributed by atoms with Gasteiger partial charge in [-0.05, 0) is 6.85 Å². The molecule has 0 atom stereocenters. The summed E-state index contributed by atoms with van der Waals surface area (Å²) in [6.07, 6.45) is -13.5. The van der Waals surface area contributed by atoms with Crippen molar-refractivity contribution < 1.29 is 47.1 Å². The van der Waals surface area contributed by atoms with E-state index in [0.29, 0.717) is 0 Å². The molecule has 16 heavy (non-hydrogen) atoms. The van der Waals surface area contributed by atoms with E-state index in [9.17, 15) is 35.5 Å². The number of rotatable bonds is 2. The monoisotopic (exact) mass is 259 g/mol. The zero-order chi connectivity index (χ0) is 17.4. The van der Waals surface area contributed by atoms with Crippen molar-refractivity contribution >= 4 is 5.97 Å².